The first-order valence-corrected chi connectivity index (χ1v) is 6.95. The fraction of sp³-hybridized carbons (Fsp3) is 0.467. The van der Waals surface area contributed by atoms with E-state index in [9.17, 15) is 4.79 Å². The molecule has 5 heteroatoms. The van der Waals surface area contributed by atoms with Crippen LogP contribution < -0.4 is 10.6 Å². The molecule has 2 rings (SSSR count). The van der Waals surface area contributed by atoms with Gasteiger partial charge in [-0.05, 0) is 38.2 Å². The van der Waals surface area contributed by atoms with Crippen molar-refractivity contribution >= 4 is 22.7 Å². The third-order valence-corrected chi connectivity index (χ3v) is 3.01. The summed E-state index contributed by atoms with van der Waals surface area (Å²) in [5.74, 6) is 0.992. The van der Waals surface area contributed by atoms with Gasteiger partial charge in [-0.2, -0.15) is 0 Å². The molecule has 0 aliphatic heterocycles. The Bertz CT molecular complexity index is 590. The van der Waals surface area contributed by atoms with Gasteiger partial charge in [-0.25, -0.2) is 4.98 Å². The number of oxazole rings is 1. The second-order valence-corrected chi connectivity index (χ2v) is 5.14. The van der Waals surface area contributed by atoms with Crippen molar-refractivity contribution in [2.24, 2.45) is 0 Å². The maximum atomic E-state index is 11.8. The number of carbonyl (C=O) groups excluding carboxylic acids is 1. The van der Waals surface area contributed by atoms with Gasteiger partial charge in [0.15, 0.2) is 11.5 Å². The first-order valence-electron chi connectivity index (χ1n) is 6.95. The number of hydrogen-bond donors (Lipinski definition) is 2. The topological polar surface area (TPSA) is 67.2 Å². The maximum absolute atomic E-state index is 11.8. The van der Waals surface area contributed by atoms with Gasteiger partial charge >= 0.3 is 0 Å². The lowest BCUT2D eigenvalue weighted by atomic mass is 10.2. The summed E-state index contributed by atoms with van der Waals surface area (Å²) in [6.07, 6.45) is 1.33. The van der Waals surface area contributed by atoms with Crippen LogP contribution in [0.3, 0.4) is 0 Å². The molecule has 1 heterocycles. The lowest BCUT2D eigenvalue weighted by molar-refractivity contribution is -0.116. The number of nitrogens with zero attached hydrogens (tertiary/aromatic N) is 1. The number of anilines is 1. The maximum Gasteiger partial charge on any atom is 0.224 e. The van der Waals surface area contributed by atoms with E-state index in [1.54, 1.807) is 0 Å². The highest BCUT2D eigenvalue weighted by molar-refractivity contribution is 5.92. The molecule has 0 radical (unpaired) electrons. The van der Waals surface area contributed by atoms with Crippen molar-refractivity contribution in [3.8, 4) is 0 Å². The SMILES string of the molecule is CNCCCC(=O)Nc1ccc2oc(C(C)C)nc2c1. The molecule has 5 nitrogen and oxygen atoms in total. The van der Waals surface area contributed by atoms with Crippen LogP contribution in [0.2, 0.25) is 0 Å². The molecule has 0 aliphatic rings. The normalized spacial score (nSPS) is 11.2. The van der Waals surface area contributed by atoms with Gasteiger partial charge in [0.2, 0.25) is 5.91 Å². The minimum absolute atomic E-state index is 0.0205. The first kappa shape index (κ1) is 14.5. The lowest BCUT2D eigenvalue weighted by Crippen LogP contribution is -2.15. The van der Waals surface area contributed by atoms with E-state index in [0.29, 0.717) is 6.42 Å². The average molecular weight is 275 g/mol. The van der Waals surface area contributed by atoms with Gasteiger partial charge in [-0.3, -0.25) is 4.79 Å². The molecule has 0 bridgehead atoms. The zero-order valence-corrected chi connectivity index (χ0v) is 12.2. The Morgan fingerprint density at radius 1 is 1.40 bits per heavy atom. The summed E-state index contributed by atoms with van der Waals surface area (Å²) in [6.45, 7) is 4.91. The minimum Gasteiger partial charge on any atom is -0.440 e. The molecule has 0 fully saturated rings. The van der Waals surface area contributed by atoms with Crippen molar-refractivity contribution in [2.75, 3.05) is 18.9 Å². The van der Waals surface area contributed by atoms with Crippen molar-refractivity contribution in [2.45, 2.75) is 32.6 Å². The van der Waals surface area contributed by atoms with Crippen LogP contribution in [0.5, 0.6) is 0 Å². The van der Waals surface area contributed by atoms with Gasteiger partial charge < -0.3 is 15.1 Å². The number of nitrogens with one attached hydrogen (secondary N) is 2. The van der Waals surface area contributed by atoms with Crippen LogP contribution in [0, 0.1) is 0 Å². The molecule has 1 amide bonds. The molecule has 0 saturated carbocycles. The van der Waals surface area contributed by atoms with Crippen LogP contribution in [0.4, 0.5) is 5.69 Å². The lowest BCUT2D eigenvalue weighted by Gasteiger charge is -2.04. The van der Waals surface area contributed by atoms with Crippen LogP contribution in [0.25, 0.3) is 11.1 Å². The molecule has 0 saturated heterocycles. The summed E-state index contributed by atoms with van der Waals surface area (Å²) in [5, 5.41) is 5.91. The van der Waals surface area contributed by atoms with Gasteiger partial charge in [0.1, 0.15) is 5.52 Å². The fourth-order valence-electron chi connectivity index (χ4n) is 1.92. The number of fused-ring (bicyclic) bond motifs is 1. The van der Waals surface area contributed by atoms with E-state index in [0.717, 1.165) is 35.6 Å². The third kappa shape index (κ3) is 3.57. The van der Waals surface area contributed by atoms with Gasteiger partial charge in [-0.1, -0.05) is 13.8 Å². The molecule has 2 aromatic rings. The van der Waals surface area contributed by atoms with Crippen LogP contribution >= 0.6 is 0 Å². The Hall–Kier alpha value is -1.88. The number of hydrogen-bond acceptors (Lipinski definition) is 4. The zero-order valence-electron chi connectivity index (χ0n) is 12.2. The van der Waals surface area contributed by atoms with E-state index >= 15 is 0 Å². The van der Waals surface area contributed by atoms with E-state index in [-0.39, 0.29) is 11.8 Å². The van der Waals surface area contributed by atoms with Crippen LogP contribution in [0.15, 0.2) is 22.6 Å². The van der Waals surface area contributed by atoms with Crippen molar-refractivity contribution in [1.82, 2.24) is 10.3 Å². The number of amides is 1. The van der Waals surface area contributed by atoms with Crippen molar-refractivity contribution in [3.05, 3.63) is 24.1 Å². The highest BCUT2D eigenvalue weighted by Gasteiger charge is 2.10. The van der Waals surface area contributed by atoms with E-state index in [1.165, 1.54) is 0 Å². The summed E-state index contributed by atoms with van der Waals surface area (Å²) in [7, 11) is 1.88. The number of benzene rings is 1. The molecule has 1 aromatic heterocycles. The van der Waals surface area contributed by atoms with Gasteiger partial charge in [0, 0.05) is 18.0 Å². The standard InChI is InChI=1S/C15H21N3O2/c1-10(2)15-18-12-9-11(6-7-13(12)20-15)17-14(19)5-4-8-16-3/h6-7,9-10,16H,4-5,8H2,1-3H3,(H,17,19). The number of aromatic nitrogens is 1. The Balaban J connectivity index is 2.05. The van der Waals surface area contributed by atoms with Crippen LogP contribution in [0.1, 0.15) is 38.5 Å². The van der Waals surface area contributed by atoms with E-state index in [4.69, 9.17) is 4.42 Å². The zero-order chi connectivity index (χ0) is 14.5. The summed E-state index contributed by atoms with van der Waals surface area (Å²) in [6, 6.07) is 5.53. The highest BCUT2D eigenvalue weighted by Crippen LogP contribution is 2.23. The van der Waals surface area contributed by atoms with Crippen LogP contribution in [-0.4, -0.2) is 24.5 Å². The second-order valence-electron chi connectivity index (χ2n) is 5.14. The Labute approximate surface area is 118 Å². The molecule has 1 aromatic carbocycles. The molecule has 20 heavy (non-hydrogen) atoms. The molecular formula is C15H21N3O2. The summed E-state index contributed by atoms with van der Waals surface area (Å²) >= 11 is 0. The van der Waals surface area contributed by atoms with Gasteiger partial charge in [0.05, 0.1) is 0 Å². The van der Waals surface area contributed by atoms with Gasteiger partial charge in [-0.15, -0.1) is 0 Å². The minimum atomic E-state index is 0.0205. The first-order chi connectivity index (χ1) is 9.60. The summed E-state index contributed by atoms with van der Waals surface area (Å²) in [4.78, 5) is 16.2. The van der Waals surface area contributed by atoms with Gasteiger partial charge in [0.25, 0.3) is 0 Å². The second kappa shape index (κ2) is 6.52. The molecule has 2 N–H and O–H groups in total. The average Bonchev–Trinajstić information content (AvgIpc) is 2.82. The Morgan fingerprint density at radius 2 is 2.20 bits per heavy atom. The molecule has 0 spiro atoms. The van der Waals surface area contributed by atoms with Crippen molar-refractivity contribution in [1.29, 1.82) is 0 Å². The smallest absolute Gasteiger partial charge is 0.224 e. The highest BCUT2D eigenvalue weighted by atomic mass is 16.3. The Kier molecular flexibility index (Phi) is 4.74. The molecule has 0 atom stereocenters. The fourth-order valence-corrected chi connectivity index (χ4v) is 1.92. The van der Waals surface area contributed by atoms with E-state index < -0.39 is 0 Å². The number of rotatable bonds is 6. The summed E-state index contributed by atoms with van der Waals surface area (Å²) < 4.78 is 5.64. The van der Waals surface area contributed by atoms with E-state index in [2.05, 4.69) is 15.6 Å². The molecule has 0 aliphatic carbocycles. The molecule has 0 unspecified atom stereocenters. The largest absolute Gasteiger partial charge is 0.440 e. The summed E-state index contributed by atoms with van der Waals surface area (Å²) in [5.41, 5.74) is 2.29. The predicted octanol–water partition coefficient (Wildman–Crippen LogP) is 2.89. The predicted molar refractivity (Wildman–Crippen MR) is 79.9 cm³/mol. The quantitative estimate of drug-likeness (QED) is 0.795. The monoisotopic (exact) mass is 275 g/mol. The van der Waals surface area contributed by atoms with Crippen LogP contribution in [-0.2, 0) is 4.79 Å². The molecular weight excluding hydrogens is 254 g/mol. The number of carbonyl (C=O) groups is 1. The third-order valence-electron chi connectivity index (χ3n) is 3.01. The molecule has 108 valence electrons. The van der Waals surface area contributed by atoms with E-state index in [1.807, 2.05) is 39.1 Å². The van der Waals surface area contributed by atoms with Crippen molar-refractivity contribution < 1.29 is 9.21 Å². The van der Waals surface area contributed by atoms with Crippen molar-refractivity contribution in [3.63, 3.8) is 0 Å². The Morgan fingerprint density at radius 3 is 2.90 bits per heavy atom.